The van der Waals surface area contributed by atoms with Crippen LogP contribution in [0.4, 0.5) is 10.5 Å². The minimum absolute atomic E-state index is 0.0277. The number of nitrogens with one attached hydrogen (secondary N) is 3. The Labute approximate surface area is 213 Å². The number of Topliss-reactive ketones (excluding diaryl/α,β-unsaturated/α-hetero) is 2. The maximum Gasteiger partial charge on any atom is 0.319 e. The van der Waals surface area contributed by atoms with E-state index in [1.807, 2.05) is 6.07 Å². The van der Waals surface area contributed by atoms with E-state index in [2.05, 4.69) is 16.0 Å². The molecule has 1 heterocycles. The number of para-hydroxylation sites is 1. The van der Waals surface area contributed by atoms with Crippen LogP contribution in [0.3, 0.4) is 0 Å². The summed E-state index contributed by atoms with van der Waals surface area (Å²) < 4.78 is 5.75. The highest BCUT2D eigenvalue weighted by Gasteiger charge is 2.56. The summed E-state index contributed by atoms with van der Waals surface area (Å²) in [6.07, 6.45) is 1.16. The number of urea groups is 1. The minimum atomic E-state index is -1.58. The summed E-state index contributed by atoms with van der Waals surface area (Å²) in [7, 11) is 0. The fourth-order valence-corrected chi connectivity index (χ4v) is 4.57. The van der Waals surface area contributed by atoms with E-state index in [9.17, 15) is 29.4 Å². The fraction of sp³-hybridized carbons (Fsp3) is 0.259. The first kappa shape index (κ1) is 25.5. The maximum atomic E-state index is 13.7. The van der Waals surface area contributed by atoms with Crippen molar-refractivity contribution in [2.24, 2.45) is 0 Å². The highest BCUT2D eigenvalue weighted by molar-refractivity contribution is 6.31. The number of aromatic hydroxyl groups is 2. The minimum Gasteiger partial charge on any atom is -0.507 e. The average Bonchev–Trinajstić information content (AvgIpc) is 3.14. The molecule has 0 radical (unpaired) electrons. The molecule has 10 heteroatoms. The number of carbonyl (C=O) groups excluding carboxylic acids is 4. The Morgan fingerprint density at radius 2 is 1.65 bits per heavy atom. The first-order valence-electron chi connectivity index (χ1n) is 11.6. The zero-order valence-corrected chi connectivity index (χ0v) is 20.8. The van der Waals surface area contributed by atoms with Gasteiger partial charge in [-0.15, -0.1) is 0 Å². The molecule has 0 aromatic heterocycles. The van der Waals surface area contributed by atoms with Gasteiger partial charge in [0.2, 0.25) is 0 Å². The quantitative estimate of drug-likeness (QED) is 0.174. The van der Waals surface area contributed by atoms with Crippen LogP contribution < -0.4 is 20.7 Å². The summed E-state index contributed by atoms with van der Waals surface area (Å²) in [6, 6.07) is 8.52. The van der Waals surface area contributed by atoms with Gasteiger partial charge in [0.25, 0.3) is 0 Å². The van der Waals surface area contributed by atoms with E-state index < -0.39 is 34.5 Å². The predicted octanol–water partition coefficient (Wildman–Crippen LogP) is 2.98. The standard InChI is InChI=1S/C27H27N3O7/c1-13-22(33)20(15(3)31)24-21(23(13)34)27(4)18(37-24)12-17(32)19(25(27)35)14(2)28-10-11-29-26(36)30-16-8-6-5-7-9-16/h5-9,12,28,33-34H,10-11H2,1-4H3,(H2,29,30,36)/b19-14+/t27-/m1/s1. The molecule has 0 saturated heterocycles. The molecule has 1 aliphatic carbocycles. The van der Waals surface area contributed by atoms with E-state index >= 15 is 0 Å². The van der Waals surface area contributed by atoms with E-state index in [0.29, 0.717) is 5.69 Å². The number of ether oxygens (including phenoxy) is 1. The van der Waals surface area contributed by atoms with Gasteiger partial charge in [-0.1, -0.05) is 18.2 Å². The van der Waals surface area contributed by atoms with E-state index in [4.69, 9.17) is 4.74 Å². The summed E-state index contributed by atoms with van der Waals surface area (Å²) in [5, 5.41) is 29.7. The van der Waals surface area contributed by atoms with Gasteiger partial charge in [0.15, 0.2) is 17.3 Å². The van der Waals surface area contributed by atoms with Gasteiger partial charge >= 0.3 is 6.03 Å². The number of rotatable bonds is 6. The number of hydrogen-bond donors (Lipinski definition) is 5. The SMILES string of the molecule is CC(=O)c1c(O)c(C)c(O)c2c1OC1=CC(=O)/C(=C(/C)NCCNC(=O)Nc3ccccc3)C(=O)[C@]12C. The molecule has 5 N–H and O–H groups in total. The molecule has 4 rings (SSSR count). The number of benzene rings is 2. The molecule has 2 aromatic rings. The van der Waals surface area contributed by atoms with E-state index in [0.717, 1.165) is 6.08 Å². The molecule has 1 atom stereocenters. The summed E-state index contributed by atoms with van der Waals surface area (Å²) in [5.74, 6) is -2.73. The molecule has 0 unspecified atom stereocenters. The fourth-order valence-electron chi connectivity index (χ4n) is 4.57. The number of amides is 2. The highest BCUT2D eigenvalue weighted by atomic mass is 16.5. The summed E-state index contributed by atoms with van der Waals surface area (Å²) in [5.41, 5.74) is -0.900. The van der Waals surface area contributed by atoms with E-state index in [1.165, 1.54) is 20.8 Å². The third-order valence-electron chi connectivity index (χ3n) is 6.59. The van der Waals surface area contributed by atoms with Gasteiger partial charge in [-0.3, -0.25) is 14.4 Å². The zero-order valence-electron chi connectivity index (χ0n) is 20.8. The van der Waals surface area contributed by atoms with Crippen LogP contribution in [-0.4, -0.2) is 46.7 Å². The molecule has 0 saturated carbocycles. The lowest BCUT2D eigenvalue weighted by atomic mass is 9.70. The topological polar surface area (TPSA) is 154 Å². The molecular weight excluding hydrogens is 478 g/mol. The number of fused-ring (bicyclic) bond motifs is 3. The van der Waals surface area contributed by atoms with Crippen LogP contribution in [0.2, 0.25) is 0 Å². The van der Waals surface area contributed by atoms with Crippen LogP contribution >= 0.6 is 0 Å². The second-order valence-corrected chi connectivity index (χ2v) is 9.06. The van der Waals surface area contributed by atoms with Crippen molar-refractivity contribution in [1.29, 1.82) is 0 Å². The Bertz CT molecular complexity index is 1410. The number of hydrogen-bond acceptors (Lipinski definition) is 8. The average molecular weight is 506 g/mol. The molecule has 0 spiro atoms. The van der Waals surface area contributed by atoms with Crippen molar-refractivity contribution in [3.8, 4) is 17.2 Å². The lowest BCUT2D eigenvalue weighted by Gasteiger charge is -2.29. The van der Waals surface area contributed by atoms with Crippen LogP contribution in [0, 0.1) is 6.92 Å². The van der Waals surface area contributed by atoms with Gasteiger partial charge in [-0.05, 0) is 39.8 Å². The normalized spacial score (nSPS) is 19.3. The number of allylic oxidation sites excluding steroid dienone is 4. The van der Waals surface area contributed by atoms with E-state index in [-0.39, 0.29) is 58.3 Å². The van der Waals surface area contributed by atoms with Crippen molar-refractivity contribution >= 4 is 29.1 Å². The largest absolute Gasteiger partial charge is 0.507 e. The molecule has 0 bridgehead atoms. The van der Waals surface area contributed by atoms with Crippen LogP contribution in [0.5, 0.6) is 17.2 Å². The van der Waals surface area contributed by atoms with Crippen molar-refractivity contribution in [1.82, 2.24) is 10.6 Å². The summed E-state index contributed by atoms with van der Waals surface area (Å²) >= 11 is 0. The van der Waals surface area contributed by atoms with Crippen molar-refractivity contribution in [2.45, 2.75) is 33.1 Å². The summed E-state index contributed by atoms with van der Waals surface area (Å²) in [4.78, 5) is 51.0. The molecule has 2 aliphatic rings. The molecule has 2 aromatic carbocycles. The smallest absolute Gasteiger partial charge is 0.319 e. The Morgan fingerprint density at radius 3 is 2.30 bits per heavy atom. The lowest BCUT2D eigenvalue weighted by molar-refractivity contribution is -0.123. The third-order valence-corrected chi connectivity index (χ3v) is 6.59. The van der Waals surface area contributed by atoms with Crippen LogP contribution in [0.25, 0.3) is 0 Å². The molecule has 0 fully saturated rings. The molecule has 37 heavy (non-hydrogen) atoms. The summed E-state index contributed by atoms with van der Waals surface area (Å²) in [6.45, 7) is 6.15. The Morgan fingerprint density at radius 1 is 1.00 bits per heavy atom. The number of carbonyl (C=O) groups is 4. The van der Waals surface area contributed by atoms with Gasteiger partial charge in [0.1, 0.15) is 34.0 Å². The van der Waals surface area contributed by atoms with Crippen LogP contribution in [-0.2, 0) is 15.0 Å². The van der Waals surface area contributed by atoms with Crippen molar-refractivity contribution < 1.29 is 34.1 Å². The number of ketones is 3. The zero-order chi connectivity index (χ0) is 27.1. The van der Waals surface area contributed by atoms with Gasteiger partial charge < -0.3 is 30.9 Å². The monoisotopic (exact) mass is 505 g/mol. The molecular formula is C27H27N3O7. The second kappa shape index (κ2) is 9.45. The number of phenolic OH excluding ortho intramolecular Hbond substituents is 2. The van der Waals surface area contributed by atoms with Gasteiger partial charge in [-0.2, -0.15) is 0 Å². The third kappa shape index (κ3) is 4.20. The molecule has 10 nitrogen and oxygen atoms in total. The van der Waals surface area contributed by atoms with Crippen molar-refractivity contribution in [3.05, 3.63) is 70.1 Å². The Hall–Kier alpha value is -4.60. The van der Waals surface area contributed by atoms with Gasteiger partial charge in [0, 0.05) is 36.1 Å². The highest BCUT2D eigenvalue weighted by Crippen LogP contribution is 2.57. The van der Waals surface area contributed by atoms with Crippen LogP contribution in [0.15, 0.2) is 53.4 Å². The molecule has 1 aliphatic heterocycles. The van der Waals surface area contributed by atoms with Gasteiger partial charge in [-0.25, -0.2) is 4.79 Å². The first-order chi connectivity index (χ1) is 17.5. The van der Waals surface area contributed by atoms with Gasteiger partial charge in [0.05, 0.1) is 11.1 Å². The number of anilines is 1. The second-order valence-electron chi connectivity index (χ2n) is 9.06. The van der Waals surface area contributed by atoms with Crippen molar-refractivity contribution in [3.63, 3.8) is 0 Å². The lowest BCUT2D eigenvalue weighted by Crippen LogP contribution is -2.41. The molecule has 2 amide bonds. The van der Waals surface area contributed by atoms with Crippen LogP contribution in [0.1, 0.15) is 42.3 Å². The Kier molecular flexibility index (Phi) is 6.51. The van der Waals surface area contributed by atoms with E-state index in [1.54, 1.807) is 31.2 Å². The Balaban J connectivity index is 1.57. The number of phenols is 2. The predicted molar refractivity (Wildman–Crippen MR) is 135 cm³/mol. The molecule has 192 valence electrons. The first-order valence-corrected chi connectivity index (χ1v) is 11.6. The maximum absolute atomic E-state index is 13.7. The van der Waals surface area contributed by atoms with Crippen molar-refractivity contribution in [2.75, 3.05) is 18.4 Å².